The molecule has 1 aliphatic rings. The Labute approximate surface area is 124 Å². The Hall–Kier alpha value is -1.10. The molecule has 2 rings (SSSR count). The van der Waals surface area contributed by atoms with E-state index in [0.717, 1.165) is 19.3 Å². The van der Waals surface area contributed by atoms with Crippen LogP contribution in [0.3, 0.4) is 0 Å². The number of aliphatic hydroxyl groups is 1. The highest BCUT2D eigenvalue weighted by Crippen LogP contribution is 2.26. The number of ether oxygens (including phenoxy) is 1. The van der Waals surface area contributed by atoms with E-state index in [2.05, 4.69) is 0 Å². The Balaban J connectivity index is 2.11. The third-order valence-electron chi connectivity index (χ3n) is 3.98. The van der Waals surface area contributed by atoms with Crippen molar-refractivity contribution in [1.29, 1.82) is 0 Å². The van der Waals surface area contributed by atoms with Crippen LogP contribution < -0.4 is 0 Å². The average molecular weight is 298 g/mol. The van der Waals surface area contributed by atoms with E-state index in [4.69, 9.17) is 16.3 Å². The molecule has 0 spiro atoms. The third-order valence-corrected chi connectivity index (χ3v) is 4.23. The molecule has 1 saturated carbocycles. The van der Waals surface area contributed by atoms with E-state index in [0.29, 0.717) is 10.6 Å². The highest BCUT2D eigenvalue weighted by molar-refractivity contribution is 6.30. The first-order valence-corrected chi connectivity index (χ1v) is 7.16. The number of likely N-dealkylation sites (N-methyl/N-ethyl adjacent to an activating group) is 1. The smallest absolute Gasteiger partial charge is 0.253 e. The summed E-state index contributed by atoms with van der Waals surface area (Å²) in [6, 6.07) is 6.57. The van der Waals surface area contributed by atoms with Gasteiger partial charge in [-0.2, -0.15) is 0 Å². The highest BCUT2D eigenvalue weighted by Gasteiger charge is 2.36. The largest absolute Gasteiger partial charge is 0.388 e. The first kappa shape index (κ1) is 15.3. The maximum Gasteiger partial charge on any atom is 0.253 e. The minimum absolute atomic E-state index is 0.109. The predicted octanol–water partition coefficient (Wildman–Crippen LogP) is 2.34. The van der Waals surface area contributed by atoms with Gasteiger partial charge in [0.25, 0.3) is 5.91 Å². The Morgan fingerprint density at radius 2 is 2.00 bits per heavy atom. The van der Waals surface area contributed by atoms with Crippen molar-refractivity contribution in [2.45, 2.75) is 37.5 Å². The van der Waals surface area contributed by atoms with Crippen LogP contribution >= 0.6 is 11.6 Å². The molecule has 0 unspecified atom stereocenters. The molecule has 1 aliphatic carbocycles. The lowest BCUT2D eigenvalue weighted by atomic mass is 9.88. The Kier molecular flexibility index (Phi) is 5.02. The normalized spacial score (nSPS) is 26.3. The van der Waals surface area contributed by atoms with Crippen LogP contribution in [0, 0.1) is 0 Å². The van der Waals surface area contributed by atoms with Crippen LogP contribution in [-0.4, -0.2) is 48.3 Å². The molecule has 0 saturated heterocycles. The molecule has 1 N–H and O–H groups in total. The number of amides is 1. The first-order valence-electron chi connectivity index (χ1n) is 6.78. The van der Waals surface area contributed by atoms with Gasteiger partial charge in [-0.25, -0.2) is 0 Å². The zero-order valence-corrected chi connectivity index (χ0v) is 12.5. The van der Waals surface area contributed by atoms with Gasteiger partial charge in [-0.15, -0.1) is 0 Å². The molecular weight excluding hydrogens is 278 g/mol. The van der Waals surface area contributed by atoms with Crippen molar-refractivity contribution in [3.63, 3.8) is 0 Å². The molecule has 0 aliphatic heterocycles. The molecule has 1 amide bonds. The summed E-state index contributed by atoms with van der Waals surface area (Å²) in [6.45, 7) is 0. The van der Waals surface area contributed by atoms with Gasteiger partial charge in [0.1, 0.15) is 6.10 Å². The van der Waals surface area contributed by atoms with Gasteiger partial charge in [0.05, 0.1) is 12.1 Å². The second-order valence-corrected chi connectivity index (χ2v) is 5.62. The summed E-state index contributed by atoms with van der Waals surface area (Å²) in [4.78, 5) is 14.0. The summed E-state index contributed by atoms with van der Waals surface area (Å²) in [5, 5.41) is 10.9. The molecule has 1 aromatic carbocycles. The van der Waals surface area contributed by atoms with Crippen LogP contribution in [0.1, 0.15) is 29.6 Å². The van der Waals surface area contributed by atoms with Crippen molar-refractivity contribution >= 4 is 17.5 Å². The zero-order valence-electron chi connectivity index (χ0n) is 11.8. The number of methoxy groups -OCH3 is 1. The fourth-order valence-corrected chi connectivity index (χ4v) is 2.87. The number of nitrogens with zero attached hydrogens (tertiary/aromatic N) is 1. The van der Waals surface area contributed by atoms with Crippen molar-refractivity contribution in [2.24, 2.45) is 0 Å². The number of hydrogen-bond donors (Lipinski definition) is 1. The van der Waals surface area contributed by atoms with Gasteiger partial charge in [0, 0.05) is 24.7 Å². The summed E-state index contributed by atoms with van der Waals surface area (Å²) in [5.41, 5.74) is 0.573. The zero-order chi connectivity index (χ0) is 14.7. The van der Waals surface area contributed by atoms with Crippen LogP contribution in [0.5, 0.6) is 0 Å². The van der Waals surface area contributed by atoms with Gasteiger partial charge in [0.2, 0.25) is 0 Å². The van der Waals surface area contributed by atoms with Crippen molar-refractivity contribution in [3.05, 3.63) is 34.9 Å². The molecule has 0 radical (unpaired) electrons. The highest BCUT2D eigenvalue weighted by atomic mass is 35.5. The van der Waals surface area contributed by atoms with E-state index in [1.807, 2.05) is 0 Å². The molecule has 0 bridgehead atoms. The lowest BCUT2D eigenvalue weighted by Gasteiger charge is -2.39. The maximum absolute atomic E-state index is 12.4. The van der Waals surface area contributed by atoms with E-state index in [-0.39, 0.29) is 18.1 Å². The molecule has 1 fully saturated rings. The molecule has 4 nitrogen and oxygen atoms in total. The van der Waals surface area contributed by atoms with E-state index < -0.39 is 6.10 Å². The van der Waals surface area contributed by atoms with E-state index in [1.165, 1.54) is 0 Å². The first-order chi connectivity index (χ1) is 9.54. The molecule has 0 aromatic heterocycles. The third kappa shape index (κ3) is 3.14. The van der Waals surface area contributed by atoms with E-state index in [1.54, 1.807) is 43.3 Å². The SMILES string of the molecule is CO[C@@H]1CCC[C@@H](N(C)C(=O)c2ccc(Cl)cc2)[C@H]1O. The van der Waals surface area contributed by atoms with Gasteiger partial charge < -0.3 is 14.7 Å². The second-order valence-electron chi connectivity index (χ2n) is 5.19. The van der Waals surface area contributed by atoms with Crippen molar-refractivity contribution < 1.29 is 14.6 Å². The number of carbonyl (C=O) groups excluding carboxylic acids is 1. The van der Waals surface area contributed by atoms with Crippen molar-refractivity contribution in [1.82, 2.24) is 4.90 Å². The van der Waals surface area contributed by atoms with Gasteiger partial charge in [-0.1, -0.05) is 11.6 Å². The Morgan fingerprint density at radius 3 is 2.60 bits per heavy atom. The Morgan fingerprint density at radius 1 is 1.35 bits per heavy atom. The van der Waals surface area contributed by atoms with Gasteiger partial charge in [0.15, 0.2) is 0 Å². The molecule has 1 aromatic rings. The number of rotatable bonds is 3. The summed E-state index contributed by atoms with van der Waals surface area (Å²) in [6.07, 6.45) is 1.72. The van der Waals surface area contributed by atoms with Crippen LogP contribution in [-0.2, 0) is 4.74 Å². The average Bonchev–Trinajstić information content (AvgIpc) is 2.47. The van der Waals surface area contributed by atoms with E-state index >= 15 is 0 Å². The lowest BCUT2D eigenvalue weighted by Crippen LogP contribution is -2.52. The molecule has 5 heteroatoms. The fourth-order valence-electron chi connectivity index (χ4n) is 2.74. The topological polar surface area (TPSA) is 49.8 Å². The van der Waals surface area contributed by atoms with Crippen molar-refractivity contribution in [2.75, 3.05) is 14.2 Å². The van der Waals surface area contributed by atoms with Crippen LogP contribution in [0.4, 0.5) is 0 Å². The second kappa shape index (κ2) is 6.57. The molecular formula is C15H20ClNO3. The number of benzene rings is 1. The quantitative estimate of drug-likeness (QED) is 0.931. The Bertz CT molecular complexity index is 463. The molecule has 0 heterocycles. The predicted molar refractivity (Wildman–Crippen MR) is 78.0 cm³/mol. The standard InChI is InChI=1S/C15H20ClNO3/c1-17(12-4-3-5-13(20-2)14(12)18)15(19)10-6-8-11(16)9-7-10/h6-9,12-14,18H,3-5H2,1-2H3/t12-,13-,14-/m1/s1. The summed E-state index contributed by atoms with van der Waals surface area (Å²) in [5.74, 6) is -0.109. The van der Waals surface area contributed by atoms with Gasteiger partial charge in [-0.3, -0.25) is 4.79 Å². The van der Waals surface area contributed by atoms with Crippen LogP contribution in [0.2, 0.25) is 5.02 Å². The minimum Gasteiger partial charge on any atom is -0.388 e. The number of hydrogen-bond acceptors (Lipinski definition) is 3. The van der Waals surface area contributed by atoms with Crippen LogP contribution in [0.15, 0.2) is 24.3 Å². The molecule has 3 atom stereocenters. The fraction of sp³-hybridized carbons (Fsp3) is 0.533. The molecule has 20 heavy (non-hydrogen) atoms. The minimum atomic E-state index is -0.644. The molecule has 110 valence electrons. The number of aliphatic hydroxyl groups excluding tert-OH is 1. The van der Waals surface area contributed by atoms with Crippen LogP contribution in [0.25, 0.3) is 0 Å². The summed E-state index contributed by atoms with van der Waals surface area (Å²) >= 11 is 5.82. The van der Waals surface area contributed by atoms with E-state index in [9.17, 15) is 9.90 Å². The lowest BCUT2D eigenvalue weighted by molar-refractivity contribution is -0.0714. The number of halogens is 1. The monoisotopic (exact) mass is 297 g/mol. The summed E-state index contributed by atoms with van der Waals surface area (Å²) in [7, 11) is 3.32. The van der Waals surface area contributed by atoms with Gasteiger partial charge in [-0.05, 0) is 43.5 Å². The van der Waals surface area contributed by atoms with Crippen molar-refractivity contribution in [3.8, 4) is 0 Å². The summed E-state index contributed by atoms with van der Waals surface area (Å²) < 4.78 is 5.28. The maximum atomic E-state index is 12.4. The number of carbonyl (C=O) groups is 1. The van der Waals surface area contributed by atoms with Gasteiger partial charge >= 0.3 is 0 Å².